The molecule has 2 rings (SSSR count). The number of nitrogens with zero attached hydrogens (tertiary/aromatic N) is 1. The molecule has 0 heterocycles. The van der Waals surface area contributed by atoms with Gasteiger partial charge in [0.15, 0.2) is 0 Å². The van der Waals surface area contributed by atoms with Gasteiger partial charge in [-0.1, -0.05) is 60.1 Å². The summed E-state index contributed by atoms with van der Waals surface area (Å²) >= 11 is 3.28. The third kappa shape index (κ3) is 4.68. The first-order valence-corrected chi connectivity index (χ1v) is 10.0. The van der Waals surface area contributed by atoms with Gasteiger partial charge >= 0.3 is 5.97 Å². The maximum Gasteiger partial charge on any atom is 0.322 e. The van der Waals surface area contributed by atoms with Crippen LogP contribution >= 0.6 is 15.9 Å². The van der Waals surface area contributed by atoms with E-state index in [9.17, 15) is 18.3 Å². The monoisotopic (exact) mass is 425 g/mol. The lowest BCUT2D eigenvalue weighted by atomic mass is 10.0. The highest BCUT2D eigenvalue weighted by Gasteiger charge is 2.37. The molecule has 0 radical (unpaired) electrons. The Kier molecular flexibility index (Phi) is 6.37. The van der Waals surface area contributed by atoms with Crippen LogP contribution in [-0.2, 0) is 21.4 Å². The van der Waals surface area contributed by atoms with E-state index in [0.717, 1.165) is 14.3 Å². The quantitative estimate of drug-likeness (QED) is 0.732. The second-order valence-corrected chi connectivity index (χ2v) is 8.82. The number of carboxylic acids is 1. The Morgan fingerprint density at radius 3 is 2.12 bits per heavy atom. The van der Waals surface area contributed by atoms with Crippen molar-refractivity contribution in [2.24, 2.45) is 5.92 Å². The summed E-state index contributed by atoms with van der Waals surface area (Å²) in [6.07, 6.45) is 0. The SMILES string of the molecule is CC(C)[C@@H](C(=O)O)N(Cc1ccccc1)S(=O)(=O)c1ccc(Br)cc1. The van der Waals surface area contributed by atoms with Gasteiger partial charge in [0.05, 0.1) is 4.90 Å². The number of halogens is 1. The number of rotatable bonds is 7. The fourth-order valence-corrected chi connectivity index (χ4v) is 4.55. The number of carboxylic acid groups (broad SMARTS) is 1. The minimum atomic E-state index is -3.97. The Bertz CT molecular complexity index is 820. The summed E-state index contributed by atoms with van der Waals surface area (Å²) in [5.74, 6) is -1.54. The summed E-state index contributed by atoms with van der Waals surface area (Å²) in [5, 5.41) is 9.63. The van der Waals surface area contributed by atoms with E-state index >= 15 is 0 Å². The van der Waals surface area contributed by atoms with Crippen LogP contribution in [0, 0.1) is 5.92 Å². The molecule has 5 nitrogen and oxygen atoms in total. The van der Waals surface area contributed by atoms with Crippen LogP contribution < -0.4 is 0 Å². The number of carbonyl (C=O) groups is 1. The molecule has 0 spiro atoms. The zero-order chi connectivity index (χ0) is 18.6. The van der Waals surface area contributed by atoms with Crippen LogP contribution in [0.4, 0.5) is 0 Å². The summed E-state index contributed by atoms with van der Waals surface area (Å²) in [7, 11) is -3.97. The molecular formula is C18H20BrNO4S. The molecule has 0 bridgehead atoms. The summed E-state index contributed by atoms with van der Waals surface area (Å²) in [6, 6.07) is 14.0. The van der Waals surface area contributed by atoms with Gasteiger partial charge in [-0.3, -0.25) is 4.79 Å². The second kappa shape index (κ2) is 8.12. The number of sulfonamides is 1. The van der Waals surface area contributed by atoms with Crippen LogP contribution in [0.3, 0.4) is 0 Å². The first-order chi connectivity index (χ1) is 11.7. The predicted molar refractivity (Wildman–Crippen MR) is 99.6 cm³/mol. The van der Waals surface area contributed by atoms with E-state index in [1.807, 2.05) is 6.07 Å². The number of hydrogen-bond acceptors (Lipinski definition) is 3. The normalized spacial score (nSPS) is 13.2. The molecule has 0 aliphatic rings. The molecular weight excluding hydrogens is 406 g/mol. The van der Waals surface area contributed by atoms with Crippen LogP contribution in [0.15, 0.2) is 64.0 Å². The molecule has 0 amide bonds. The van der Waals surface area contributed by atoms with Gasteiger partial charge in [0.1, 0.15) is 6.04 Å². The van der Waals surface area contributed by atoms with Gasteiger partial charge in [0.25, 0.3) is 0 Å². The smallest absolute Gasteiger partial charge is 0.322 e. The van der Waals surface area contributed by atoms with E-state index in [2.05, 4.69) is 15.9 Å². The minimum Gasteiger partial charge on any atom is -0.480 e. The standard InChI is InChI=1S/C18H20BrNO4S/c1-13(2)17(18(21)22)20(12-14-6-4-3-5-7-14)25(23,24)16-10-8-15(19)9-11-16/h3-11,13,17H,12H2,1-2H3,(H,21,22)/t17-/m0/s1. The molecule has 2 aromatic rings. The summed E-state index contributed by atoms with van der Waals surface area (Å²) < 4.78 is 28.1. The fourth-order valence-electron chi connectivity index (χ4n) is 2.58. The number of hydrogen-bond donors (Lipinski definition) is 1. The molecule has 0 fully saturated rings. The van der Waals surface area contributed by atoms with Gasteiger partial charge in [-0.05, 0) is 35.7 Å². The molecule has 0 aliphatic carbocycles. The molecule has 0 unspecified atom stereocenters. The fraction of sp³-hybridized carbons (Fsp3) is 0.278. The third-order valence-corrected chi connectivity index (χ3v) is 6.17. The van der Waals surface area contributed by atoms with Gasteiger partial charge in [-0.2, -0.15) is 4.31 Å². The number of benzene rings is 2. The Labute approximate surface area is 156 Å². The van der Waals surface area contributed by atoms with Gasteiger partial charge in [0, 0.05) is 11.0 Å². The maximum atomic E-state index is 13.1. The van der Waals surface area contributed by atoms with E-state index in [4.69, 9.17) is 0 Å². The van der Waals surface area contributed by atoms with Crippen molar-refractivity contribution in [3.8, 4) is 0 Å². The van der Waals surface area contributed by atoms with Crippen molar-refractivity contribution in [1.82, 2.24) is 4.31 Å². The number of aliphatic carboxylic acids is 1. The minimum absolute atomic E-state index is 0.00557. The van der Waals surface area contributed by atoms with Gasteiger partial charge < -0.3 is 5.11 Å². The summed E-state index contributed by atoms with van der Waals surface area (Å²) in [6.45, 7) is 3.40. The molecule has 134 valence electrons. The summed E-state index contributed by atoms with van der Waals surface area (Å²) in [5.41, 5.74) is 0.732. The van der Waals surface area contributed by atoms with Crippen molar-refractivity contribution >= 4 is 31.9 Å². The first-order valence-electron chi connectivity index (χ1n) is 7.77. The summed E-state index contributed by atoms with van der Waals surface area (Å²) in [4.78, 5) is 11.9. The lowest BCUT2D eigenvalue weighted by Crippen LogP contribution is -2.47. The van der Waals surface area contributed by atoms with Gasteiger partial charge in [-0.15, -0.1) is 0 Å². The molecule has 0 saturated carbocycles. The molecule has 7 heteroatoms. The van der Waals surface area contributed by atoms with Crippen molar-refractivity contribution in [3.05, 3.63) is 64.6 Å². The van der Waals surface area contributed by atoms with Crippen LogP contribution in [-0.4, -0.2) is 29.8 Å². The topological polar surface area (TPSA) is 74.7 Å². The van der Waals surface area contributed by atoms with E-state index < -0.39 is 22.0 Å². The zero-order valence-electron chi connectivity index (χ0n) is 14.0. The second-order valence-electron chi connectivity index (χ2n) is 6.02. The van der Waals surface area contributed by atoms with Crippen LogP contribution in [0.25, 0.3) is 0 Å². The molecule has 1 atom stereocenters. The highest BCUT2D eigenvalue weighted by molar-refractivity contribution is 9.10. The van der Waals surface area contributed by atoms with Crippen LogP contribution in [0.2, 0.25) is 0 Å². The predicted octanol–water partition coefficient (Wildman–Crippen LogP) is 3.75. The molecule has 0 saturated heterocycles. The molecule has 2 aromatic carbocycles. The van der Waals surface area contributed by atoms with Crippen LogP contribution in [0.1, 0.15) is 19.4 Å². The molecule has 25 heavy (non-hydrogen) atoms. The van der Waals surface area contributed by atoms with Crippen molar-refractivity contribution in [3.63, 3.8) is 0 Å². The molecule has 0 aliphatic heterocycles. The third-order valence-electron chi connectivity index (χ3n) is 3.80. The van der Waals surface area contributed by atoms with Crippen molar-refractivity contribution < 1.29 is 18.3 Å². The Morgan fingerprint density at radius 1 is 1.08 bits per heavy atom. The van der Waals surface area contributed by atoms with E-state index in [1.54, 1.807) is 50.2 Å². The van der Waals surface area contributed by atoms with Crippen molar-refractivity contribution in [2.75, 3.05) is 0 Å². The molecule has 1 N–H and O–H groups in total. The first kappa shape index (κ1) is 19.6. The van der Waals surface area contributed by atoms with Crippen molar-refractivity contribution in [2.45, 2.75) is 31.3 Å². The highest BCUT2D eigenvalue weighted by atomic mass is 79.9. The Hall–Kier alpha value is -1.70. The lowest BCUT2D eigenvalue weighted by Gasteiger charge is -2.30. The van der Waals surface area contributed by atoms with Gasteiger partial charge in [-0.25, -0.2) is 8.42 Å². The maximum absolute atomic E-state index is 13.1. The highest BCUT2D eigenvalue weighted by Crippen LogP contribution is 2.26. The van der Waals surface area contributed by atoms with E-state index in [0.29, 0.717) is 0 Å². The van der Waals surface area contributed by atoms with E-state index in [1.165, 1.54) is 12.1 Å². The lowest BCUT2D eigenvalue weighted by molar-refractivity contribution is -0.143. The van der Waals surface area contributed by atoms with Gasteiger partial charge in [0.2, 0.25) is 10.0 Å². The van der Waals surface area contributed by atoms with Crippen LogP contribution in [0.5, 0.6) is 0 Å². The average molecular weight is 426 g/mol. The average Bonchev–Trinajstić information content (AvgIpc) is 2.55. The largest absolute Gasteiger partial charge is 0.480 e. The zero-order valence-corrected chi connectivity index (χ0v) is 16.4. The van der Waals surface area contributed by atoms with E-state index in [-0.39, 0.29) is 17.4 Å². The van der Waals surface area contributed by atoms with Crippen molar-refractivity contribution in [1.29, 1.82) is 0 Å². The Balaban J connectivity index is 2.52. The molecule has 0 aromatic heterocycles. The Morgan fingerprint density at radius 2 is 1.64 bits per heavy atom.